The lowest BCUT2D eigenvalue weighted by atomic mass is 10.2. The summed E-state index contributed by atoms with van der Waals surface area (Å²) in [4.78, 5) is 0. The van der Waals surface area contributed by atoms with Crippen molar-refractivity contribution >= 4 is 15.9 Å². The quantitative estimate of drug-likeness (QED) is 0.494. The van der Waals surface area contributed by atoms with Crippen LogP contribution in [0.3, 0.4) is 0 Å². The highest BCUT2D eigenvalue weighted by Crippen LogP contribution is 2.11. The fraction of sp³-hybridized carbons (Fsp3) is 0.154. The van der Waals surface area contributed by atoms with E-state index in [0.29, 0.717) is 23.4 Å². The zero-order chi connectivity index (χ0) is 12.1. The molecule has 0 aliphatic heterocycles. The van der Waals surface area contributed by atoms with E-state index in [0.717, 1.165) is 10.3 Å². The summed E-state index contributed by atoms with van der Waals surface area (Å²) >= 11 is 3.25. The predicted molar refractivity (Wildman–Crippen MR) is 68.8 cm³/mol. The molecular formula is C13H12BrNO2. The first-order valence-corrected chi connectivity index (χ1v) is 6.36. The minimum absolute atomic E-state index is 0.467. The Morgan fingerprint density at radius 2 is 1.88 bits per heavy atom. The van der Waals surface area contributed by atoms with Crippen LogP contribution >= 0.6 is 15.9 Å². The molecule has 0 N–H and O–H groups in total. The van der Waals surface area contributed by atoms with E-state index in [-0.39, 0.29) is 0 Å². The number of ether oxygens (including phenoxy) is 1. The number of benzene rings is 1. The molecule has 1 aromatic heterocycles. The van der Waals surface area contributed by atoms with Gasteiger partial charge in [0.25, 0.3) is 0 Å². The number of halogens is 1. The molecule has 1 aromatic carbocycles. The normalized spacial score (nSPS) is 10.2. The van der Waals surface area contributed by atoms with Gasteiger partial charge in [-0.15, -0.1) is 0 Å². The van der Waals surface area contributed by atoms with Crippen LogP contribution in [0.5, 0.6) is 5.75 Å². The highest BCUT2D eigenvalue weighted by Gasteiger charge is 2.05. The van der Waals surface area contributed by atoms with Gasteiger partial charge in [-0.25, -0.2) is 0 Å². The number of nitrogens with zero attached hydrogens (tertiary/aromatic N) is 1. The van der Waals surface area contributed by atoms with Gasteiger partial charge < -0.3 is 9.94 Å². The summed E-state index contributed by atoms with van der Waals surface area (Å²) in [5, 5.41) is 12.0. The molecule has 0 atom stereocenters. The minimum atomic E-state index is 0.467. The molecule has 2 rings (SSSR count). The molecule has 0 saturated heterocycles. The summed E-state index contributed by atoms with van der Waals surface area (Å²) in [7, 11) is 0. The van der Waals surface area contributed by atoms with Crippen molar-refractivity contribution in [2.24, 2.45) is 0 Å². The smallest absolute Gasteiger partial charge is 0.222 e. The summed E-state index contributed by atoms with van der Waals surface area (Å²) in [5.74, 6) is 0.577. The van der Waals surface area contributed by atoms with E-state index >= 15 is 0 Å². The van der Waals surface area contributed by atoms with Crippen LogP contribution in [-0.2, 0) is 11.9 Å². The average Bonchev–Trinajstić information content (AvgIpc) is 2.38. The highest BCUT2D eigenvalue weighted by atomic mass is 79.9. The van der Waals surface area contributed by atoms with E-state index < -0.39 is 0 Å². The van der Waals surface area contributed by atoms with Crippen molar-refractivity contribution in [3.8, 4) is 5.75 Å². The lowest BCUT2D eigenvalue weighted by Crippen LogP contribution is -2.30. The Bertz CT molecular complexity index is 488. The maximum Gasteiger partial charge on any atom is 0.222 e. The van der Waals surface area contributed by atoms with Crippen molar-refractivity contribution in [2.45, 2.75) is 11.9 Å². The van der Waals surface area contributed by atoms with Crippen LogP contribution in [0.2, 0.25) is 0 Å². The van der Waals surface area contributed by atoms with Gasteiger partial charge >= 0.3 is 0 Å². The number of aromatic nitrogens is 1. The third-order valence-electron chi connectivity index (χ3n) is 2.35. The predicted octanol–water partition coefficient (Wildman–Crippen LogP) is 2.79. The maximum atomic E-state index is 11.5. The Kier molecular flexibility index (Phi) is 3.98. The van der Waals surface area contributed by atoms with Crippen LogP contribution < -0.4 is 9.47 Å². The molecule has 0 aliphatic carbocycles. The van der Waals surface area contributed by atoms with E-state index in [1.165, 1.54) is 6.20 Å². The van der Waals surface area contributed by atoms with Gasteiger partial charge in [0, 0.05) is 6.07 Å². The summed E-state index contributed by atoms with van der Waals surface area (Å²) in [6, 6.07) is 13.4. The molecule has 1 heterocycles. The largest absolute Gasteiger partial charge is 0.618 e. The third-order valence-corrected chi connectivity index (χ3v) is 2.93. The number of rotatable bonds is 4. The summed E-state index contributed by atoms with van der Waals surface area (Å²) in [6.07, 6.45) is 1.44. The zero-order valence-corrected chi connectivity index (χ0v) is 10.8. The van der Waals surface area contributed by atoms with Gasteiger partial charge in [0.15, 0.2) is 5.75 Å². The lowest BCUT2D eigenvalue weighted by molar-refractivity contribution is -0.613. The Hall–Kier alpha value is -1.55. The summed E-state index contributed by atoms with van der Waals surface area (Å²) in [6.45, 7) is 0.467. The van der Waals surface area contributed by atoms with Gasteiger partial charge in [-0.2, -0.15) is 4.73 Å². The molecule has 0 saturated carbocycles. The van der Waals surface area contributed by atoms with Crippen LogP contribution in [0.1, 0.15) is 11.3 Å². The van der Waals surface area contributed by atoms with Crippen LogP contribution in [-0.4, -0.2) is 0 Å². The molecule has 0 fully saturated rings. The first-order valence-electron chi connectivity index (χ1n) is 5.24. The molecule has 0 aliphatic rings. The monoisotopic (exact) mass is 293 g/mol. The van der Waals surface area contributed by atoms with Crippen LogP contribution in [0, 0.1) is 5.21 Å². The second-order valence-electron chi connectivity index (χ2n) is 3.59. The first kappa shape index (κ1) is 11.9. The number of pyridine rings is 1. The third kappa shape index (κ3) is 3.20. The Labute approximate surface area is 108 Å². The molecule has 4 heteroatoms. The summed E-state index contributed by atoms with van der Waals surface area (Å²) < 4.78 is 6.35. The van der Waals surface area contributed by atoms with Gasteiger partial charge in [-0.1, -0.05) is 46.3 Å². The zero-order valence-electron chi connectivity index (χ0n) is 9.17. The minimum Gasteiger partial charge on any atom is -0.618 e. The van der Waals surface area contributed by atoms with Crippen molar-refractivity contribution in [1.29, 1.82) is 0 Å². The average molecular weight is 294 g/mol. The first-order chi connectivity index (χ1) is 8.29. The molecular weight excluding hydrogens is 282 g/mol. The van der Waals surface area contributed by atoms with E-state index in [1.54, 1.807) is 12.1 Å². The molecule has 0 radical (unpaired) electrons. The topological polar surface area (TPSA) is 36.2 Å². The fourth-order valence-electron chi connectivity index (χ4n) is 1.42. The fourth-order valence-corrected chi connectivity index (χ4v) is 1.86. The molecule has 3 nitrogen and oxygen atoms in total. The molecule has 2 aromatic rings. The maximum absolute atomic E-state index is 11.5. The number of hydrogen-bond acceptors (Lipinski definition) is 2. The van der Waals surface area contributed by atoms with Crippen LogP contribution in [0.4, 0.5) is 0 Å². The standard InChI is InChI=1S/C13H12BrNO2/c14-8-12-6-7-13(9-15(12)16)17-10-11-4-2-1-3-5-11/h1-7,9H,8,10H2. The Morgan fingerprint density at radius 3 is 2.53 bits per heavy atom. The van der Waals surface area contributed by atoms with Gasteiger partial charge in [-0.3, -0.25) is 0 Å². The van der Waals surface area contributed by atoms with Crippen molar-refractivity contribution in [3.63, 3.8) is 0 Å². The Balaban J connectivity index is 2.02. The SMILES string of the molecule is [O-][n+]1cc(OCc2ccccc2)ccc1CBr. The lowest BCUT2D eigenvalue weighted by Gasteiger charge is -2.07. The molecule has 0 bridgehead atoms. The molecule has 17 heavy (non-hydrogen) atoms. The van der Waals surface area contributed by atoms with Crippen LogP contribution in [0.25, 0.3) is 0 Å². The van der Waals surface area contributed by atoms with Gasteiger partial charge in [0.1, 0.15) is 6.61 Å². The van der Waals surface area contributed by atoms with Crippen molar-refractivity contribution in [1.82, 2.24) is 0 Å². The van der Waals surface area contributed by atoms with E-state index in [9.17, 15) is 5.21 Å². The van der Waals surface area contributed by atoms with Crippen molar-refractivity contribution in [2.75, 3.05) is 0 Å². The highest BCUT2D eigenvalue weighted by molar-refractivity contribution is 9.08. The van der Waals surface area contributed by atoms with Gasteiger partial charge in [0.2, 0.25) is 11.9 Å². The molecule has 0 unspecified atom stereocenters. The number of hydrogen-bond donors (Lipinski definition) is 0. The van der Waals surface area contributed by atoms with E-state index in [4.69, 9.17) is 4.74 Å². The van der Waals surface area contributed by atoms with Crippen molar-refractivity contribution < 1.29 is 9.47 Å². The van der Waals surface area contributed by atoms with Crippen LogP contribution in [0.15, 0.2) is 48.7 Å². The van der Waals surface area contributed by atoms with E-state index in [2.05, 4.69) is 15.9 Å². The second kappa shape index (κ2) is 5.68. The molecule has 0 spiro atoms. The molecule has 0 amide bonds. The summed E-state index contributed by atoms with van der Waals surface area (Å²) in [5.41, 5.74) is 1.74. The van der Waals surface area contributed by atoms with E-state index in [1.807, 2.05) is 30.3 Å². The van der Waals surface area contributed by atoms with Crippen molar-refractivity contribution in [3.05, 3.63) is 65.1 Å². The number of alkyl halides is 1. The van der Waals surface area contributed by atoms with Gasteiger partial charge in [-0.05, 0) is 11.6 Å². The molecule has 88 valence electrons. The second-order valence-corrected chi connectivity index (χ2v) is 4.15. The van der Waals surface area contributed by atoms with Gasteiger partial charge in [0.05, 0.1) is 5.33 Å². The Morgan fingerprint density at radius 1 is 1.12 bits per heavy atom.